The highest BCUT2D eigenvalue weighted by molar-refractivity contribution is 7.99. The average molecular weight is 305 g/mol. The molecule has 4 heteroatoms. The Bertz CT molecular complexity index is 505. The number of aliphatic carboxylic acids is 1. The van der Waals surface area contributed by atoms with Crippen LogP contribution in [0.1, 0.15) is 36.3 Å². The zero-order valence-corrected chi connectivity index (χ0v) is 13.1. The van der Waals surface area contributed by atoms with Gasteiger partial charge in [-0.3, -0.25) is 9.69 Å². The molecule has 1 aromatic rings. The maximum absolute atomic E-state index is 11.1. The Hall–Kier alpha value is -1.00. The van der Waals surface area contributed by atoms with Crippen LogP contribution in [0, 0.1) is 0 Å². The topological polar surface area (TPSA) is 40.5 Å². The van der Waals surface area contributed by atoms with E-state index in [1.165, 1.54) is 30.4 Å². The van der Waals surface area contributed by atoms with Gasteiger partial charge in [-0.05, 0) is 36.3 Å². The number of carboxylic acid groups (broad SMARTS) is 1. The molecule has 0 aromatic heterocycles. The maximum atomic E-state index is 11.1. The van der Waals surface area contributed by atoms with Gasteiger partial charge >= 0.3 is 5.97 Å². The van der Waals surface area contributed by atoms with Crippen molar-refractivity contribution in [2.75, 3.05) is 24.6 Å². The highest BCUT2D eigenvalue weighted by atomic mass is 32.2. The largest absolute Gasteiger partial charge is 0.481 e. The summed E-state index contributed by atoms with van der Waals surface area (Å²) in [6.07, 6.45) is 3.97. The van der Waals surface area contributed by atoms with E-state index in [1.54, 1.807) is 0 Å². The van der Waals surface area contributed by atoms with Crippen molar-refractivity contribution in [1.82, 2.24) is 4.90 Å². The number of nitrogens with zero attached hydrogens (tertiary/aromatic N) is 1. The molecule has 2 aliphatic rings. The smallest absolute Gasteiger partial charge is 0.304 e. The van der Waals surface area contributed by atoms with E-state index in [0.717, 1.165) is 24.6 Å². The van der Waals surface area contributed by atoms with Gasteiger partial charge in [0.1, 0.15) is 0 Å². The molecule has 3 rings (SSSR count). The minimum atomic E-state index is -0.670. The van der Waals surface area contributed by atoms with Gasteiger partial charge in [0.05, 0.1) is 6.42 Å². The van der Waals surface area contributed by atoms with Crippen LogP contribution in [0.2, 0.25) is 0 Å². The zero-order valence-electron chi connectivity index (χ0n) is 12.3. The van der Waals surface area contributed by atoms with E-state index in [2.05, 4.69) is 29.2 Å². The van der Waals surface area contributed by atoms with Crippen LogP contribution in [0.15, 0.2) is 24.3 Å². The van der Waals surface area contributed by atoms with Gasteiger partial charge in [0.15, 0.2) is 0 Å². The monoisotopic (exact) mass is 305 g/mol. The van der Waals surface area contributed by atoms with Crippen molar-refractivity contribution in [1.29, 1.82) is 0 Å². The van der Waals surface area contributed by atoms with Crippen LogP contribution in [0.25, 0.3) is 0 Å². The molecule has 0 radical (unpaired) electrons. The SMILES string of the molecule is O=C(O)CC1CSCCN1CC1CCCc2ccccc21. The van der Waals surface area contributed by atoms with Crippen molar-refractivity contribution in [3.8, 4) is 0 Å². The summed E-state index contributed by atoms with van der Waals surface area (Å²) in [4.78, 5) is 13.5. The lowest BCUT2D eigenvalue weighted by molar-refractivity contribution is -0.138. The molecule has 2 unspecified atom stereocenters. The molecule has 114 valence electrons. The summed E-state index contributed by atoms with van der Waals surface area (Å²) >= 11 is 1.89. The van der Waals surface area contributed by atoms with E-state index >= 15 is 0 Å². The molecular weight excluding hydrogens is 282 g/mol. The first kappa shape index (κ1) is 14.9. The number of fused-ring (bicyclic) bond motifs is 1. The lowest BCUT2D eigenvalue weighted by Crippen LogP contribution is -2.45. The molecule has 1 aromatic carbocycles. The van der Waals surface area contributed by atoms with Crippen molar-refractivity contribution < 1.29 is 9.90 Å². The quantitative estimate of drug-likeness (QED) is 0.928. The normalized spacial score (nSPS) is 26.3. The Morgan fingerprint density at radius 2 is 2.24 bits per heavy atom. The van der Waals surface area contributed by atoms with Crippen LogP contribution in [0.5, 0.6) is 0 Å². The van der Waals surface area contributed by atoms with Crippen molar-refractivity contribution >= 4 is 17.7 Å². The number of aryl methyl sites for hydroxylation is 1. The molecule has 1 aliphatic heterocycles. The fourth-order valence-electron chi connectivity index (χ4n) is 3.65. The number of carboxylic acids is 1. The second-order valence-corrected chi connectivity index (χ2v) is 7.26. The molecule has 1 fully saturated rings. The molecule has 0 bridgehead atoms. The van der Waals surface area contributed by atoms with Gasteiger partial charge in [0.25, 0.3) is 0 Å². The number of hydrogen-bond acceptors (Lipinski definition) is 3. The highest BCUT2D eigenvalue weighted by Crippen LogP contribution is 2.33. The predicted molar refractivity (Wildman–Crippen MR) is 87.1 cm³/mol. The first-order chi connectivity index (χ1) is 10.2. The number of thioether (sulfide) groups is 1. The van der Waals surface area contributed by atoms with E-state index < -0.39 is 5.97 Å². The fraction of sp³-hybridized carbons (Fsp3) is 0.588. The van der Waals surface area contributed by atoms with Crippen LogP contribution in [0.3, 0.4) is 0 Å². The zero-order chi connectivity index (χ0) is 14.7. The Morgan fingerprint density at radius 1 is 1.38 bits per heavy atom. The van der Waals surface area contributed by atoms with Crippen LogP contribution in [0.4, 0.5) is 0 Å². The minimum Gasteiger partial charge on any atom is -0.481 e. The predicted octanol–water partition coefficient (Wildman–Crippen LogP) is 3.00. The molecular formula is C17H23NO2S. The number of benzene rings is 1. The third-order valence-corrected chi connectivity index (χ3v) is 5.80. The van der Waals surface area contributed by atoms with Gasteiger partial charge in [-0.1, -0.05) is 24.3 Å². The molecule has 1 aliphatic carbocycles. The second-order valence-electron chi connectivity index (χ2n) is 6.11. The summed E-state index contributed by atoms with van der Waals surface area (Å²) < 4.78 is 0. The first-order valence-electron chi connectivity index (χ1n) is 7.85. The molecule has 0 spiro atoms. The van der Waals surface area contributed by atoms with Crippen molar-refractivity contribution in [2.24, 2.45) is 0 Å². The fourth-order valence-corrected chi connectivity index (χ4v) is 4.78. The van der Waals surface area contributed by atoms with E-state index in [0.29, 0.717) is 5.92 Å². The van der Waals surface area contributed by atoms with E-state index in [1.807, 2.05) is 11.8 Å². The van der Waals surface area contributed by atoms with Gasteiger partial charge in [0, 0.05) is 30.6 Å². The Labute approximate surface area is 130 Å². The lowest BCUT2D eigenvalue weighted by atomic mass is 9.82. The molecule has 0 amide bonds. The van der Waals surface area contributed by atoms with Crippen molar-refractivity contribution in [2.45, 2.75) is 37.6 Å². The third-order valence-electron chi connectivity index (χ3n) is 4.71. The molecule has 0 saturated carbocycles. The van der Waals surface area contributed by atoms with Gasteiger partial charge in [-0.25, -0.2) is 0 Å². The molecule has 1 N–H and O–H groups in total. The summed E-state index contributed by atoms with van der Waals surface area (Å²) in [5.74, 6) is 2.00. The minimum absolute atomic E-state index is 0.204. The van der Waals surface area contributed by atoms with E-state index in [-0.39, 0.29) is 12.5 Å². The molecule has 3 nitrogen and oxygen atoms in total. The molecule has 1 saturated heterocycles. The maximum Gasteiger partial charge on any atom is 0.304 e. The van der Waals surface area contributed by atoms with E-state index in [4.69, 9.17) is 5.11 Å². The van der Waals surface area contributed by atoms with Gasteiger partial charge < -0.3 is 5.11 Å². The van der Waals surface area contributed by atoms with Crippen LogP contribution >= 0.6 is 11.8 Å². The summed E-state index contributed by atoms with van der Waals surface area (Å²) in [6.45, 7) is 2.05. The van der Waals surface area contributed by atoms with Crippen molar-refractivity contribution in [3.63, 3.8) is 0 Å². The van der Waals surface area contributed by atoms with Crippen LogP contribution in [-0.4, -0.2) is 46.6 Å². The Kier molecular flexibility index (Phi) is 4.86. The lowest BCUT2D eigenvalue weighted by Gasteiger charge is -2.38. The molecule has 21 heavy (non-hydrogen) atoms. The van der Waals surface area contributed by atoms with Crippen molar-refractivity contribution in [3.05, 3.63) is 35.4 Å². The number of carbonyl (C=O) groups is 1. The summed E-state index contributed by atoms with van der Waals surface area (Å²) in [7, 11) is 0. The standard InChI is InChI=1S/C17H23NO2S/c19-17(20)10-15-12-21-9-8-18(15)11-14-6-3-5-13-4-1-2-7-16(13)14/h1-2,4,7,14-15H,3,5-6,8-12H2,(H,19,20). The first-order valence-corrected chi connectivity index (χ1v) is 9.01. The summed E-state index contributed by atoms with van der Waals surface area (Å²) in [5, 5.41) is 9.11. The van der Waals surface area contributed by atoms with Gasteiger partial charge in [-0.15, -0.1) is 0 Å². The van der Waals surface area contributed by atoms with Gasteiger partial charge in [-0.2, -0.15) is 11.8 Å². The van der Waals surface area contributed by atoms with Gasteiger partial charge in [0.2, 0.25) is 0 Å². The summed E-state index contributed by atoms with van der Waals surface area (Å²) in [5.41, 5.74) is 2.99. The average Bonchev–Trinajstić information content (AvgIpc) is 2.49. The summed E-state index contributed by atoms with van der Waals surface area (Å²) in [6, 6.07) is 8.99. The van der Waals surface area contributed by atoms with Crippen LogP contribution < -0.4 is 0 Å². The number of rotatable bonds is 4. The molecule has 1 heterocycles. The van der Waals surface area contributed by atoms with Crippen LogP contribution in [-0.2, 0) is 11.2 Å². The molecule has 2 atom stereocenters. The Balaban J connectivity index is 1.72. The Morgan fingerprint density at radius 3 is 3.10 bits per heavy atom. The highest BCUT2D eigenvalue weighted by Gasteiger charge is 2.29. The van der Waals surface area contributed by atoms with E-state index in [9.17, 15) is 4.79 Å². The third kappa shape index (κ3) is 3.61. The second kappa shape index (κ2) is 6.84. The number of hydrogen-bond donors (Lipinski definition) is 1.